The molecule has 2 aromatic rings. The van der Waals surface area contributed by atoms with E-state index in [2.05, 4.69) is 15.6 Å². The molecular formula is C30H38IN3O10S. The van der Waals surface area contributed by atoms with Crippen molar-refractivity contribution in [3.8, 4) is 0 Å². The van der Waals surface area contributed by atoms with Crippen molar-refractivity contribution < 1.29 is 47.7 Å². The van der Waals surface area contributed by atoms with E-state index in [1.165, 1.54) is 45.6 Å². The summed E-state index contributed by atoms with van der Waals surface area (Å²) < 4.78 is 20.3. The number of aryl methyl sites for hydroxylation is 1. The number of hydrogen-bond acceptors (Lipinski definition) is 12. The summed E-state index contributed by atoms with van der Waals surface area (Å²) in [5, 5.41) is 6.02. The average molecular weight is 760 g/mol. The number of esters is 2. The van der Waals surface area contributed by atoms with Gasteiger partial charge in [0, 0.05) is 25.1 Å². The lowest BCUT2D eigenvalue weighted by Crippen LogP contribution is -2.56. The summed E-state index contributed by atoms with van der Waals surface area (Å²) in [7, 11) is 2.74. The molecular weight excluding hydrogens is 721 g/mol. The first-order valence-electron chi connectivity index (χ1n) is 14.0. The second-order valence-electron chi connectivity index (χ2n) is 10.1. The van der Waals surface area contributed by atoms with Crippen molar-refractivity contribution >= 4 is 69.2 Å². The second-order valence-corrected chi connectivity index (χ2v) is 12.1. The Morgan fingerprint density at radius 2 is 1.64 bits per heavy atom. The van der Waals surface area contributed by atoms with Gasteiger partial charge in [-0.1, -0.05) is 52.9 Å². The Bertz CT molecular complexity index is 1340. The van der Waals surface area contributed by atoms with Gasteiger partial charge in [0.2, 0.25) is 5.91 Å². The third-order valence-electron chi connectivity index (χ3n) is 6.51. The molecule has 2 rings (SSSR count). The number of halogens is 1. The highest BCUT2D eigenvalue weighted by Crippen LogP contribution is 2.21. The summed E-state index contributed by atoms with van der Waals surface area (Å²) in [6, 6.07) is 6.56. The third-order valence-corrected chi connectivity index (χ3v) is 8.88. The number of methoxy groups -OCH3 is 2. The molecule has 246 valence electrons. The number of nitrogens with zero attached hydrogens (tertiary/aromatic N) is 1. The first-order valence-corrected chi connectivity index (χ1v) is 16.3. The second kappa shape index (κ2) is 18.6. The molecule has 0 aliphatic heterocycles. The zero-order valence-corrected chi connectivity index (χ0v) is 28.7. The summed E-state index contributed by atoms with van der Waals surface area (Å²) in [5.41, 5.74) is -1.10. The number of aromatic nitrogens is 1. The smallest absolute Gasteiger partial charge is 0.418 e. The molecule has 0 unspecified atom stereocenters. The maximum Gasteiger partial charge on any atom is 0.418 e. The van der Waals surface area contributed by atoms with Crippen molar-refractivity contribution in [2.24, 2.45) is 5.92 Å². The molecule has 0 bridgehead atoms. The van der Waals surface area contributed by atoms with Crippen molar-refractivity contribution in [1.82, 2.24) is 15.6 Å². The van der Waals surface area contributed by atoms with Crippen molar-refractivity contribution in [3.05, 3.63) is 52.0 Å². The SMILES string of the molecule is CCOC(=O)C(=O)O[C@](C)(CI)C(=O)[C@H](Cc1ccccc1)NC(=O)[C@H](COC)CC(=O)[C@H](COC)NC(=O)c1cnc(C)s1. The van der Waals surface area contributed by atoms with E-state index in [4.69, 9.17) is 18.9 Å². The lowest BCUT2D eigenvalue weighted by Gasteiger charge is -2.31. The van der Waals surface area contributed by atoms with Crippen LogP contribution in [0.5, 0.6) is 0 Å². The van der Waals surface area contributed by atoms with Gasteiger partial charge in [0.1, 0.15) is 10.9 Å². The Morgan fingerprint density at radius 3 is 2.20 bits per heavy atom. The fraction of sp³-hybridized carbons (Fsp3) is 0.500. The molecule has 1 aromatic heterocycles. The van der Waals surface area contributed by atoms with Gasteiger partial charge in [-0.05, 0) is 32.8 Å². The number of benzene rings is 1. The topological polar surface area (TPSA) is 176 Å². The molecule has 1 heterocycles. The molecule has 0 saturated heterocycles. The van der Waals surface area contributed by atoms with E-state index < -0.39 is 58.9 Å². The Balaban J connectivity index is 2.29. The summed E-state index contributed by atoms with van der Waals surface area (Å²) in [6.07, 6.45) is 1.09. The minimum atomic E-state index is -1.80. The zero-order chi connectivity index (χ0) is 33.6. The normalized spacial score (nSPS) is 14.3. The van der Waals surface area contributed by atoms with E-state index in [1.807, 2.05) is 22.6 Å². The summed E-state index contributed by atoms with van der Waals surface area (Å²) in [4.78, 5) is 82.3. The van der Waals surface area contributed by atoms with Crippen LogP contribution in [0.3, 0.4) is 0 Å². The van der Waals surface area contributed by atoms with Crippen LogP contribution in [0.15, 0.2) is 36.5 Å². The number of nitrogens with one attached hydrogen (secondary N) is 2. The van der Waals surface area contributed by atoms with Crippen molar-refractivity contribution in [2.75, 3.05) is 38.5 Å². The number of hydrogen-bond donors (Lipinski definition) is 2. The molecule has 15 heteroatoms. The van der Waals surface area contributed by atoms with Crippen LogP contribution in [-0.2, 0) is 49.3 Å². The van der Waals surface area contributed by atoms with Crippen LogP contribution < -0.4 is 10.6 Å². The molecule has 0 aliphatic rings. The van der Waals surface area contributed by atoms with E-state index in [0.29, 0.717) is 15.4 Å². The van der Waals surface area contributed by atoms with Crippen LogP contribution in [0, 0.1) is 12.8 Å². The van der Waals surface area contributed by atoms with E-state index in [-0.39, 0.29) is 37.1 Å². The molecule has 1 aromatic carbocycles. The van der Waals surface area contributed by atoms with Gasteiger partial charge in [-0.3, -0.25) is 19.2 Å². The van der Waals surface area contributed by atoms with Gasteiger partial charge in [0.05, 0.1) is 43.0 Å². The monoisotopic (exact) mass is 759 g/mol. The van der Waals surface area contributed by atoms with Crippen molar-refractivity contribution in [2.45, 2.75) is 51.3 Å². The van der Waals surface area contributed by atoms with Crippen molar-refractivity contribution in [1.29, 1.82) is 0 Å². The van der Waals surface area contributed by atoms with E-state index >= 15 is 0 Å². The molecule has 0 spiro atoms. The average Bonchev–Trinajstić information content (AvgIpc) is 3.46. The van der Waals surface area contributed by atoms with Crippen LogP contribution in [0.1, 0.15) is 40.5 Å². The number of alkyl halides is 1. The number of carbonyl (C=O) groups excluding carboxylic acids is 6. The Morgan fingerprint density at radius 1 is 0.978 bits per heavy atom. The Hall–Kier alpha value is -3.28. The molecule has 0 fully saturated rings. The molecule has 0 radical (unpaired) electrons. The Labute approximate surface area is 279 Å². The number of carbonyl (C=O) groups is 6. The van der Waals surface area contributed by atoms with Gasteiger partial charge in [-0.25, -0.2) is 14.6 Å². The highest BCUT2D eigenvalue weighted by Gasteiger charge is 2.43. The molecule has 0 saturated carbocycles. The van der Waals surface area contributed by atoms with Gasteiger partial charge in [0.25, 0.3) is 5.91 Å². The first kappa shape index (κ1) is 37.9. The molecule has 2 amide bonds. The fourth-order valence-corrected chi connectivity index (χ4v) is 5.40. The predicted molar refractivity (Wildman–Crippen MR) is 172 cm³/mol. The number of rotatable bonds is 18. The van der Waals surface area contributed by atoms with Crippen molar-refractivity contribution in [3.63, 3.8) is 0 Å². The van der Waals surface area contributed by atoms with E-state index in [0.717, 1.165) is 0 Å². The largest absolute Gasteiger partial charge is 0.458 e. The Kier molecular flexibility index (Phi) is 15.7. The number of amides is 2. The van der Waals surface area contributed by atoms with Gasteiger partial charge in [-0.15, -0.1) is 11.3 Å². The molecule has 4 atom stereocenters. The highest BCUT2D eigenvalue weighted by atomic mass is 127. The first-order chi connectivity index (χ1) is 21.4. The van der Waals surface area contributed by atoms with E-state index in [1.54, 1.807) is 37.3 Å². The van der Waals surface area contributed by atoms with Gasteiger partial charge < -0.3 is 29.6 Å². The maximum absolute atomic E-state index is 13.9. The number of ketones is 2. The van der Waals surface area contributed by atoms with Gasteiger partial charge in [0.15, 0.2) is 17.2 Å². The maximum atomic E-state index is 13.9. The zero-order valence-electron chi connectivity index (χ0n) is 25.8. The molecule has 45 heavy (non-hydrogen) atoms. The lowest BCUT2D eigenvalue weighted by atomic mass is 9.91. The molecule has 0 aliphatic carbocycles. The van der Waals surface area contributed by atoms with Crippen LogP contribution in [0.4, 0.5) is 0 Å². The summed E-state index contributed by atoms with van der Waals surface area (Å²) in [6.45, 7) is 4.24. The van der Waals surface area contributed by atoms with Crippen LogP contribution >= 0.6 is 33.9 Å². The van der Waals surface area contributed by atoms with E-state index in [9.17, 15) is 28.8 Å². The number of thiazole rings is 1. The molecule has 2 N–H and O–H groups in total. The minimum absolute atomic E-state index is 0.0267. The lowest BCUT2D eigenvalue weighted by molar-refractivity contribution is -0.177. The minimum Gasteiger partial charge on any atom is -0.458 e. The number of Topliss-reactive ketones (excluding diaryl/α,β-unsaturated/α-hetero) is 2. The summed E-state index contributed by atoms with van der Waals surface area (Å²) >= 11 is 3.02. The van der Waals surface area contributed by atoms with Gasteiger partial charge in [-0.2, -0.15) is 0 Å². The summed E-state index contributed by atoms with van der Waals surface area (Å²) in [5.74, 6) is -5.97. The molecule has 13 nitrogen and oxygen atoms in total. The highest BCUT2D eigenvalue weighted by molar-refractivity contribution is 14.1. The van der Waals surface area contributed by atoms with Gasteiger partial charge >= 0.3 is 11.9 Å². The third kappa shape index (κ3) is 11.5. The quantitative estimate of drug-likeness (QED) is 0.0985. The predicted octanol–water partition coefficient (Wildman–Crippen LogP) is 2.01. The number of ether oxygens (including phenoxy) is 4. The van der Waals surface area contributed by atoms with Crippen LogP contribution in [-0.4, -0.2) is 96.5 Å². The fourth-order valence-electron chi connectivity index (χ4n) is 4.19. The van der Waals surface area contributed by atoms with Crippen LogP contribution in [0.2, 0.25) is 0 Å². The van der Waals surface area contributed by atoms with Crippen LogP contribution in [0.25, 0.3) is 0 Å². The standard InChI is InChI=1S/C30H38IN3O10S/c1-6-43-28(39)29(40)44-30(3,17-31)25(36)21(12-19-10-8-7-9-11-19)33-26(37)20(15-41-4)13-23(35)22(16-42-5)34-27(38)24-14-32-18(2)45-24/h7-11,14,20-22H,6,12-13,15-17H2,1-5H3,(H,33,37)(H,34,38)/t20-,21-,22-,30+/m0/s1.